The van der Waals surface area contributed by atoms with Crippen LogP contribution >= 0.6 is 0 Å². The summed E-state index contributed by atoms with van der Waals surface area (Å²) in [7, 11) is -3.94. The molecule has 0 amide bonds. The standard InChI is InChI=1S/C16H17NO5S/c1-11-4-2-3-5-15(11)23(21,22)17-14(16(19)20)10-12-6-8-13(18)9-7-12/h2-9,14,17-18H,10H2,1H3,(H,19,20)/t14-/m0/s1. The van der Waals surface area contributed by atoms with E-state index in [9.17, 15) is 23.4 Å². The zero-order chi connectivity index (χ0) is 17.0. The number of hydrogen-bond donors (Lipinski definition) is 3. The summed E-state index contributed by atoms with van der Waals surface area (Å²) in [6.45, 7) is 1.64. The van der Waals surface area contributed by atoms with Crippen LogP contribution in [0.2, 0.25) is 0 Å². The van der Waals surface area contributed by atoms with E-state index in [1.165, 1.54) is 18.2 Å². The maximum Gasteiger partial charge on any atom is 0.322 e. The highest BCUT2D eigenvalue weighted by Gasteiger charge is 2.26. The summed E-state index contributed by atoms with van der Waals surface area (Å²) in [6, 6.07) is 11.0. The molecule has 0 aliphatic heterocycles. The lowest BCUT2D eigenvalue weighted by atomic mass is 10.1. The van der Waals surface area contributed by atoms with Crippen molar-refractivity contribution in [3.05, 3.63) is 59.7 Å². The van der Waals surface area contributed by atoms with Gasteiger partial charge < -0.3 is 10.2 Å². The van der Waals surface area contributed by atoms with Gasteiger partial charge in [-0.2, -0.15) is 4.72 Å². The molecule has 1 atom stereocenters. The first-order chi connectivity index (χ1) is 10.8. The molecular formula is C16H17NO5S. The van der Waals surface area contributed by atoms with Crippen LogP contribution in [0, 0.1) is 6.92 Å². The number of aryl methyl sites for hydroxylation is 1. The van der Waals surface area contributed by atoms with E-state index in [2.05, 4.69) is 4.72 Å². The molecule has 0 aromatic heterocycles. The minimum absolute atomic E-state index is 0.0271. The largest absolute Gasteiger partial charge is 0.508 e. The molecule has 0 saturated carbocycles. The van der Waals surface area contributed by atoms with Gasteiger partial charge >= 0.3 is 5.97 Å². The number of hydrogen-bond acceptors (Lipinski definition) is 4. The van der Waals surface area contributed by atoms with Gasteiger partial charge in [-0.05, 0) is 42.7 Å². The van der Waals surface area contributed by atoms with Crippen LogP contribution < -0.4 is 4.72 Å². The fourth-order valence-electron chi connectivity index (χ4n) is 2.16. The minimum Gasteiger partial charge on any atom is -0.508 e. The van der Waals surface area contributed by atoms with Crippen LogP contribution in [0.25, 0.3) is 0 Å². The third-order valence-electron chi connectivity index (χ3n) is 3.35. The Bertz CT molecular complexity index is 799. The zero-order valence-electron chi connectivity index (χ0n) is 12.4. The topological polar surface area (TPSA) is 104 Å². The van der Waals surface area contributed by atoms with Crippen LogP contribution in [0.4, 0.5) is 0 Å². The first-order valence-corrected chi connectivity index (χ1v) is 8.36. The van der Waals surface area contributed by atoms with E-state index in [1.807, 2.05) is 0 Å². The fraction of sp³-hybridized carbons (Fsp3) is 0.188. The Morgan fingerprint density at radius 2 is 1.74 bits per heavy atom. The summed E-state index contributed by atoms with van der Waals surface area (Å²) >= 11 is 0. The molecule has 0 radical (unpaired) electrons. The molecule has 2 aromatic carbocycles. The smallest absolute Gasteiger partial charge is 0.322 e. The molecule has 0 unspecified atom stereocenters. The number of nitrogens with one attached hydrogen (secondary N) is 1. The van der Waals surface area contributed by atoms with Gasteiger partial charge in [-0.15, -0.1) is 0 Å². The van der Waals surface area contributed by atoms with Gasteiger partial charge in [0.2, 0.25) is 10.0 Å². The second kappa shape index (κ2) is 6.80. The molecule has 2 rings (SSSR count). The summed E-state index contributed by atoms with van der Waals surface area (Å²) in [5, 5.41) is 18.5. The summed E-state index contributed by atoms with van der Waals surface area (Å²) < 4.78 is 27.0. The molecule has 0 bridgehead atoms. The highest BCUT2D eigenvalue weighted by Crippen LogP contribution is 2.16. The van der Waals surface area contributed by atoms with Crippen molar-refractivity contribution in [3.63, 3.8) is 0 Å². The first kappa shape index (κ1) is 17.0. The van der Waals surface area contributed by atoms with Crippen LogP contribution in [0.15, 0.2) is 53.4 Å². The summed E-state index contributed by atoms with van der Waals surface area (Å²) in [5.41, 5.74) is 1.14. The highest BCUT2D eigenvalue weighted by molar-refractivity contribution is 7.89. The number of benzene rings is 2. The molecular weight excluding hydrogens is 318 g/mol. The molecule has 0 saturated heterocycles. The normalized spacial score (nSPS) is 12.7. The molecule has 7 heteroatoms. The predicted octanol–water partition coefficient (Wildman–Crippen LogP) is 1.67. The average molecular weight is 335 g/mol. The van der Waals surface area contributed by atoms with E-state index in [4.69, 9.17) is 0 Å². The highest BCUT2D eigenvalue weighted by atomic mass is 32.2. The van der Waals surface area contributed by atoms with E-state index in [0.717, 1.165) is 0 Å². The SMILES string of the molecule is Cc1ccccc1S(=O)(=O)N[C@@H](Cc1ccc(O)cc1)C(=O)O. The Kier molecular flexibility index (Phi) is 5.02. The van der Waals surface area contributed by atoms with Crippen LogP contribution in [-0.2, 0) is 21.2 Å². The number of aliphatic carboxylic acids is 1. The molecule has 23 heavy (non-hydrogen) atoms. The number of aromatic hydroxyl groups is 1. The molecule has 122 valence electrons. The lowest BCUT2D eigenvalue weighted by Crippen LogP contribution is -2.42. The molecule has 3 N–H and O–H groups in total. The van der Waals surface area contributed by atoms with Crippen molar-refractivity contribution in [2.24, 2.45) is 0 Å². The number of carboxylic acids is 1. The van der Waals surface area contributed by atoms with Crippen LogP contribution in [0.5, 0.6) is 5.75 Å². The third kappa shape index (κ3) is 4.30. The maximum atomic E-state index is 12.4. The maximum absolute atomic E-state index is 12.4. The summed E-state index contributed by atoms with van der Waals surface area (Å²) in [4.78, 5) is 11.4. The number of rotatable bonds is 6. The first-order valence-electron chi connectivity index (χ1n) is 6.88. The number of phenolic OH excluding ortho intramolecular Hbond substituents is 1. The van der Waals surface area contributed by atoms with E-state index >= 15 is 0 Å². The Morgan fingerprint density at radius 1 is 1.13 bits per heavy atom. The van der Waals surface area contributed by atoms with Gasteiger partial charge in [-0.25, -0.2) is 8.42 Å². The van der Waals surface area contributed by atoms with Crippen molar-refractivity contribution >= 4 is 16.0 Å². The Labute approximate surface area is 134 Å². The Balaban J connectivity index is 2.24. The predicted molar refractivity (Wildman–Crippen MR) is 84.7 cm³/mol. The van der Waals surface area contributed by atoms with Gasteiger partial charge in [0.05, 0.1) is 4.90 Å². The summed E-state index contributed by atoms with van der Waals surface area (Å²) in [6.07, 6.45) is -0.0271. The van der Waals surface area contributed by atoms with E-state index in [-0.39, 0.29) is 17.1 Å². The quantitative estimate of drug-likeness (QED) is 0.745. The molecule has 0 aliphatic rings. The van der Waals surface area contributed by atoms with Crippen LogP contribution in [-0.4, -0.2) is 30.6 Å². The van der Waals surface area contributed by atoms with Crippen molar-refractivity contribution in [2.45, 2.75) is 24.3 Å². The molecule has 0 fully saturated rings. The Hall–Kier alpha value is -2.38. The minimum atomic E-state index is -3.94. The number of phenols is 1. The fourth-order valence-corrected chi connectivity index (χ4v) is 3.59. The average Bonchev–Trinajstić information content (AvgIpc) is 2.48. The van der Waals surface area contributed by atoms with E-state index in [0.29, 0.717) is 11.1 Å². The zero-order valence-corrected chi connectivity index (χ0v) is 13.2. The number of sulfonamides is 1. The van der Waals surface area contributed by atoms with Gasteiger partial charge in [0.1, 0.15) is 11.8 Å². The van der Waals surface area contributed by atoms with Gasteiger partial charge in [-0.3, -0.25) is 4.79 Å². The molecule has 2 aromatic rings. The number of carboxylic acid groups (broad SMARTS) is 1. The van der Waals surface area contributed by atoms with Crippen molar-refractivity contribution in [3.8, 4) is 5.75 Å². The van der Waals surface area contributed by atoms with Gasteiger partial charge in [-0.1, -0.05) is 30.3 Å². The third-order valence-corrected chi connectivity index (χ3v) is 4.99. The molecule has 0 heterocycles. The van der Waals surface area contributed by atoms with Crippen molar-refractivity contribution in [1.29, 1.82) is 0 Å². The van der Waals surface area contributed by atoms with Crippen LogP contribution in [0.1, 0.15) is 11.1 Å². The molecule has 6 nitrogen and oxygen atoms in total. The van der Waals surface area contributed by atoms with E-state index in [1.54, 1.807) is 37.3 Å². The van der Waals surface area contributed by atoms with Gasteiger partial charge in [0, 0.05) is 0 Å². The van der Waals surface area contributed by atoms with Gasteiger partial charge in [0.15, 0.2) is 0 Å². The van der Waals surface area contributed by atoms with Crippen molar-refractivity contribution in [2.75, 3.05) is 0 Å². The van der Waals surface area contributed by atoms with Crippen LogP contribution in [0.3, 0.4) is 0 Å². The number of carbonyl (C=O) groups is 1. The lowest BCUT2D eigenvalue weighted by molar-refractivity contribution is -0.138. The second-order valence-corrected chi connectivity index (χ2v) is 6.83. The second-order valence-electron chi connectivity index (χ2n) is 5.15. The Morgan fingerprint density at radius 3 is 2.30 bits per heavy atom. The van der Waals surface area contributed by atoms with E-state index < -0.39 is 22.0 Å². The van der Waals surface area contributed by atoms with Gasteiger partial charge in [0.25, 0.3) is 0 Å². The lowest BCUT2D eigenvalue weighted by Gasteiger charge is -2.16. The monoisotopic (exact) mass is 335 g/mol. The summed E-state index contributed by atoms with van der Waals surface area (Å²) in [5.74, 6) is -1.21. The van der Waals surface area contributed by atoms with Crippen molar-refractivity contribution < 1.29 is 23.4 Å². The molecule has 0 spiro atoms. The van der Waals surface area contributed by atoms with Crippen molar-refractivity contribution in [1.82, 2.24) is 4.72 Å². The molecule has 0 aliphatic carbocycles.